The van der Waals surface area contributed by atoms with E-state index in [1.807, 2.05) is 0 Å². The van der Waals surface area contributed by atoms with Crippen LogP contribution in [0.4, 0.5) is 0 Å². The van der Waals surface area contributed by atoms with E-state index < -0.39 is 29.7 Å². The van der Waals surface area contributed by atoms with Crippen molar-refractivity contribution in [2.45, 2.75) is 14.8 Å². The van der Waals surface area contributed by atoms with Crippen LogP contribution in [0.15, 0.2) is 147 Å². The molecular weight excluding hydrogens is 617 g/mol. The number of sulfone groups is 2. The lowest BCUT2D eigenvalue weighted by molar-refractivity contribution is 0.586. The average Bonchev–Trinajstić information content (AvgIpc) is 3.41. The summed E-state index contributed by atoms with van der Waals surface area (Å²) in [5, 5.41) is 2.91. The first-order valence-electron chi connectivity index (χ1n) is 13.3. The topological polar surface area (TPSA) is 120 Å². The standard InChI is InChI=1S/C33H24N2O6S3/c36-42(37,27-13-3-1-4-14-27)23-20-25-11-9-17-29-30-18-10-12-26(21-24-43(38,39)28-15-5-2-6-16-28)33(30)35(32(25)29)44(40,41)31-19-7-8-22-34-31/h1-24H/b23-20+,24-21+. The smallest absolute Gasteiger partial charge is 0.243 e. The van der Waals surface area contributed by atoms with Crippen LogP contribution in [0.3, 0.4) is 0 Å². The van der Waals surface area contributed by atoms with E-state index in [1.54, 1.807) is 84.9 Å². The van der Waals surface area contributed by atoms with E-state index in [2.05, 4.69) is 4.98 Å². The van der Waals surface area contributed by atoms with E-state index in [4.69, 9.17) is 0 Å². The first-order valence-corrected chi connectivity index (χ1v) is 17.8. The Bertz CT molecular complexity index is 2260. The molecule has 0 bridgehead atoms. The molecule has 0 aliphatic carbocycles. The van der Waals surface area contributed by atoms with Crippen LogP contribution in [0, 0.1) is 0 Å². The van der Waals surface area contributed by atoms with Crippen molar-refractivity contribution in [1.82, 2.24) is 8.96 Å². The van der Waals surface area contributed by atoms with Crippen molar-refractivity contribution in [3.05, 3.63) is 143 Å². The van der Waals surface area contributed by atoms with Crippen LogP contribution in [0.25, 0.3) is 34.0 Å². The van der Waals surface area contributed by atoms with Gasteiger partial charge in [0.05, 0.1) is 20.8 Å². The van der Waals surface area contributed by atoms with Crippen LogP contribution in [0.2, 0.25) is 0 Å². The minimum absolute atomic E-state index is 0.0946. The van der Waals surface area contributed by atoms with Crippen molar-refractivity contribution in [3.63, 3.8) is 0 Å². The van der Waals surface area contributed by atoms with Gasteiger partial charge in [0, 0.05) is 38.9 Å². The predicted molar refractivity (Wildman–Crippen MR) is 172 cm³/mol. The fraction of sp³-hybridized carbons (Fsp3) is 0. The number of pyridine rings is 1. The summed E-state index contributed by atoms with van der Waals surface area (Å²) in [7, 11) is -12.1. The lowest BCUT2D eigenvalue weighted by Gasteiger charge is -2.11. The highest BCUT2D eigenvalue weighted by Crippen LogP contribution is 2.37. The third-order valence-electron chi connectivity index (χ3n) is 6.97. The maximum absolute atomic E-state index is 14.3. The Morgan fingerprint density at radius 2 is 0.955 bits per heavy atom. The summed E-state index contributed by atoms with van der Waals surface area (Å²) >= 11 is 0. The highest BCUT2D eigenvalue weighted by molar-refractivity contribution is 7.94. The molecule has 11 heteroatoms. The van der Waals surface area contributed by atoms with E-state index in [0.29, 0.717) is 21.9 Å². The lowest BCUT2D eigenvalue weighted by Crippen LogP contribution is -2.15. The first-order chi connectivity index (χ1) is 21.1. The summed E-state index contributed by atoms with van der Waals surface area (Å²) in [5.41, 5.74) is 1.09. The number of fused-ring (bicyclic) bond motifs is 3. The molecule has 0 spiro atoms. The molecule has 4 aromatic carbocycles. The molecule has 0 aliphatic rings. The number of hydrogen-bond acceptors (Lipinski definition) is 7. The normalized spacial score (nSPS) is 12.9. The van der Waals surface area contributed by atoms with E-state index in [9.17, 15) is 25.3 Å². The molecule has 2 aromatic heterocycles. The molecule has 2 heterocycles. The van der Waals surface area contributed by atoms with Gasteiger partial charge in [-0.05, 0) is 48.6 Å². The number of hydrogen-bond donors (Lipinski definition) is 0. The summed E-state index contributed by atoms with van der Waals surface area (Å²) in [6, 6.07) is 30.4. The highest BCUT2D eigenvalue weighted by atomic mass is 32.2. The zero-order chi connectivity index (χ0) is 31.0. The molecule has 0 N–H and O–H groups in total. The van der Waals surface area contributed by atoms with Crippen molar-refractivity contribution in [2.24, 2.45) is 0 Å². The Kier molecular flexibility index (Phi) is 7.54. The number of nitrogens with zero attached hydrogens (tertiary/aromatic N) is 2. The van der Waals surface area contributed by atoms with Gasteiger partial charge in [0.1, 0.15) is 0 Å². The molecule has 0 unspecified atom stereocenters. The predicted octanol–water partition coefficient (Wildman–Crippen LogP) is 6.32. The van der Waals surface area contributed by atoms with Crippen LogP contribution in [0.1, 0.15) is 11.1 Å². The van der Waals surface area contributed by atoms with Crippen molar-refractivity contribution in [1.29, 1.82) is 0 Å². The molecule has 0 atom stereocenters. The Morgan fingerprint density at radius 1 is 0.500 bits per heavy atom. The molecule has 0 aliphatic heterocycles. The maximum Gasteiger partial charge on any atom is 0.286 e. The van der Waals surface area contributed by atoms with E-state index in [0.717, 1.165) is 14.8 Å². The highest BCUT2D eigenvalue weighted by Gasteiger charge is 2.27. The van der Waals surface area contributed by atoms with Gasteiger partial charge >= 0.3 is 0 Å². The first kappa shape index (κ1) is 29.2. The van der Waals surface area contributed by atoms with E-state index in [1.165, 1.54) is 48.7 Å². The molecule has 0 saturated heterocycles. The summed E-state index contributed by atoms with van der Waals surface area (Å²) in [5.74, 6) is 0. The van der Waals surface area contributed by atoms with Crippen molar-refractivity contribution in [2.75, 3.05) is 0 Å². The number of benzene rings is 4. The molecule has 8 nitrogen and oxygen atoms in total. The van der Waals surface area contributed by atoms with Crippen molar-refractivity contribution >= 4 is 63.7 Å². The molecule has 0 amide bonds. The van der Waals surface area contributed by atoms with Crippen LogP contribution in [-0.2, 0) is 29.7 Å². The largest absolute Gasteiger partial charge is 0.286 e. The van der Waals surface area contributed by atoms with Gasteiger partial charge in [-0.2, -0.15) is 8.42 Å². The van der Waals surface area contributed by atoms with E-state index >= 15 is 0 Å². The van der Waals surface area contributed by atoms with Gasteiger partial charge in [0.15, 0.2) is 24.7 Å². The molecule has 0 radical (unpaired) electrons. The van der Waals surface area contributed by atoms with Crippen molar-refractivity contribution < 1.29 is 25.3 Å². The third kappa shape index (κ3) is 5.37. The molecular formula is C33H24N2O6S3. The van der Waals surface area contributed by atoms with E-state index in [-0.39, 0.29) is 25.9 Å². The van der Waals surface area contributed by atoms with Gasteiger partial charge in [0.2, 0.25) is 0 Å². The summed E-state index contributed by atoms with van der Waals surface area (Å²) < 4.78 is 82.0. The lowest BCUT2D eigenvalue weighted by atomic mass is 10.1. The molecule has 220 valence electrons. The van der Waals surface area contributed by atoms with Gasteiger partial charge in [-0.3, -0.25) is 0 Å². The Hall–Kier alpha value is -4.84. The quantitative estimate of drug-likeness (QED) is 0.191. The fourth-order valence-electron chi connectivity index (χ4n) is 4.93. The molecule has 0 saturated carbocycles. The molecule has 6 rings (SSSR count). The Morgan fingerprint density at radius 3 is 1.39 bits per heavy atom. The zero-order valence-corrected chi connectivity index (χ0v) is 25.4. The van der Waals surface area contributed by atoms with Crippen LogP contribution in [0.5, 0.6) is 0 Å². The minimum Gasteiger partial charge on any atom is -0.243 e. The SMILES string of the molecule is O=S(=O)(/C=C/c1cccc2c3cccc(/C=C/S(=O)(=O)c4ccccc4)c3n(S(=O)(=O)c3ccccn3)c12)c1ccccc1. The second kappa shape index (κ2) is 11.3. The summed E-state index contributed by atoms with van der Waals surface area (Å²) in [4.78, 5) is 4.28. The zero-order valence-electron chi connectivity index (χ0n) is 22.9. The molecule has 0 fully saturated rings. The summed E-state index contributed by atoms with van der Waals surface area (Å²) in [6.07, 6.45) is 4.09. The van der Waals surface area contributed by atoms with Crippen LogP contribution in [-0.4, -0.2) is 34.2 Å². The second-order valence-corrected chi connectivity index (χ2v) is 15.1. The molecule has 44 heavy (non-hydrogen) atoms. The number of para-hydroxylation sites is 2. The fourth-order valence-corrected chi connectivity index (χ4v) is 8.49. The minimum atomic E-state index is -4.37. The molecule has 6 aromatic rings. The number of aromatic nitrogens is 2. The number of rotatable bonds is 8. The third-order valence-corrected chi connectivity index (χ3v) is 11.4. The average molecular weight is 641 g/mol. The Balaban J connectivity index is 1.64. The van der Waals surface area contributed by atoms with Gasteiger partial charge in [0.25, 0.3) is 10.0 Å². The van der Waals surface area contributed by atoms with Gasteiger partial charge in [-0.1, -0.05) is 78.9 Å². The van der Waals surface area contributed by atoms with Gasteiger partial charge < -0.3 is 0 Å². The van der Waals surface area contributed by atoms with Crippen molar-refractivity contribution in [3.8, 4) is 0 Å². The monoisotopic (exact) mass is 640 g/mol. The van der Waals surface area contributed by atoms with Gasteiger partial charge in [-0.25, -0.2) is 25.8 Å². The maximum atomic E-state index is 14.3. The second-order valence-electron chi connectivity index (χ2n) is 9.75. The van der Waals surface area contributed by atoms with Crippen LogP contribution < -0.4 is 0 Å². The summed E-state index contributed by atoms with van der Waals surface area (Å²) in [6.45, 7) is 0. The van der Waals surface area contributed by atoms with Crippen LogP contribution >= 0.6 is 0 Å². The van der Waals surface area contributed by atoms with Gasteiger partial charge in [-0.15, -0.1) is 0 Å². The Labute approximate surface area is 255 Å².